The maximum atomic E-state index is 13.1. The van der Waals surface area contributed by atoms with Gasteiger partial charge in [-0.3, -0.25) is 14.4 Å². The fourth-order valence-corrected chi connectivity index (χ4v) is 5.44. The van der Waals surface area contributed by atoms with Gasteiger partial charge in [0.1, 0.15) is 16.4 Å². The smallest absolute Gasteiger partial charge is 0.265 e. The number of ether oxygens (including phenoxy) is 2. The summed E-state index contributed by atoms with van der Waals surface area (Å²) in [5, 5.41) is 2.90. The van der Waals surface area contributed by atoms with Gasteiger partial charge in [-0.15, -0.1) is 0 Å². The van der Waals surface area contributed by atoms with Crippen molar-refractivity contribution in [1.82, 2.24) is 4.90 Å². The van der Waals surface area contributed by atoms with Gasteiger partial charge in [-0.2, -0.15) is 0 Å². The summed E-state index contributed by atoms with van der Waals surface area (Å²) >= 11 is 0. The summed E-state index contributed by atoms with van der Waals surface area (Å²) in [6.45, 7) is 1.52. The Morgan fingerprint density at radius 3 is 2.37 bits per heavy atom. The van der Waals surface area contributed by atoms with E-state index in [1.807, 2.05) is 30.3 Å². The summed E-state index contributed by atoms with van der Waals surface area (Å²) in [6, 6.07) is 20.9. The van der Waals surface area contributed by atoms with Crippen LogP contribution in [0.3, 0.4) is 0 Å². The van der Waals surface area contributed by atoms with Crippen molar-refractivity contribution in [2.45, 2.75) is 30.3 Å². The Balaban J connectivity index is 1.51. The summed E-state index contributed by atoms with van der Waals surface area (Å²) in [5.41, 5.74) is 1.91. The molecule has 0 aromatic heterocycles. The molecule has 1 fully saturated rings. The van der Waals surface area contributed by atoms with E-state index in [0.29, 0.717) is 23.7 Å². The minimum atomic E-state index is -3.98. The van der Waals surface area contributed by atoms with Gasteiger partial charge in [0.05, 0.1) is 20.3 Å². The van der Waals surface area contributed by atoms with Crippen molar-refractivity contribution in [2.24, 2.45) is 0 Å². The zero-order chi connectivity index (χ0) is 24.8. The first kappa shape index (κ1) is 24.6. The van der Waals surface area contributed by atoms with E-state index in [-0.39, 0.29) is 22.6 Å². The second-order valence-electron chi connectivity index (χ2n) is 8.30. The standard InChI is InChI=1S/C26H29N3O5S/c1-33-22-13-10-20(11-14-22)28-35(31,32)25-17-21(12-15-24(25)34-2)27-26(30)23-9-6-16-29(23)18-19-7-4-3-5-8-19/h3-5,7-8,10-15,17,23,28H,6,9,16,18H2,1-2H3,(H,27,30). The van der Waals surface area contributed by atoms with Crippen molar-refractivity contribution in [3.63, 3.8) is 0 Å². The van der Waals surface area contributed by atoms with Crippen LogP contribution in [0, 0.1) is 0 Å². The van der Waals surface area contributed by atoms with E-state index in [2.05, 4.69) is 14.9 Å². The third-order valence-corrected chi connectivity index (χ3v) is 7.36. The first-order valence-corrected chi connectivity index (χ1v) is 12.8. The lowest BCUT2D eigenvalue weighted by atomic mass is 10.1. The molecule has 0 saturated carbocycles. The molecule has 0 radical (unpaired) electrons. The minimum absolute atomic E-state index is 0.0684. The average molecular weight is 496 g/mol. The fraction of sp³-hybridized carbons (Fsp3) is 0.269. The van der Waals surface area contributed by atoms with E-state index in [1.54, 1.807) is 30.3 Å². The Morgan fingerprint density at radius 1 is 0.971 bits per heavy atom. The normalized spacial score (nSPS) is 16.0. The molecule has 1 atom stereocenters. The molecule has 3 aromatic carbocycles. The number of benzene rings is 3. The SMILES string of the molecule is COc1ccc(NS(=O)(=O)c2cc(NC(=O)C3CCCN3Cc3ccccc3)ccc2OC)cc1. The van der Waals surface area contributed by atoms with Crippen LogP contribution in [0.25, 0.3) is 0 Å². The highest BCUT2D eigenvalue weighted by Gasteiger charge is 2.31. The maximum absolute atomic E-state index is 13.1. The molecule has 4 rings (SSSR count). The predicted molar refractivity (Wildman–Crippen MR) is 135 cm³/mol. The van der Waals surface area contributed by atoms with Crippen LogP contribution in [0.5, 0.6) is 11.5 Å². The van der Waals surface area contributed by atoms with Gasteiger partial charge in [0.2, 0.25) is 5.91 Å². The van der Waals surface area contributed by atoms with E-state index in [1.165, 1.54) is 26.4 Å². The highest BCUT2D eigenvalue weighted by Crippen LogP contribution is 2.30. The molecule has 3 aromatic rings. The summed E-state index contributed by atoms with van der Waals surface area (Å²) in [4.78, 5) is 15.2. The Kier molecular flexibility index (Phi) is 7.57. The summed E-state index contributed by atoms with van der Waals surface area (Å²) in [5.74, 6) is 0.633. The van der Waals surface area contributed by atoms with Crippen molar-refractivity contribution in [3.05, 3.63) is 78.4 Å². The number of sulfonamides is 1. The number of carbonyl (C=O) groups is 1. The van der Waals surface area contributed by atoms with E-state index < -0.39 is 10.0 Å². The predicted octanol–water partition coefficient (Wildman–Crippen LogP) is 4.11. The van der Waals surface area contributed by atoms with Crippen LogP contribution < -0.4 is 19.5 Å². The van der Waals surface area contributed by atoms with Gasteiger partial charge in [0.15, 0.2) is 0 Å². The zero-order valence-electron chi connectivity index (χ0n) is 19.7. The monoisotopic (exact) mass is 495 g/mol. The molecule has 2 N–H and O–H groups in total. The summed E-state index contributed by atoms with van der Waals surface area (Å²) in [7, 11) is -1.04. The number of carbonyl (C=O) groups excluding carboxylic acids is 1. The van der Waals surface area contributed by atoms with Crippen molar-refractivity contribution < 1.29 is 22.7 Å². The van der Waals surface area contributed by atoms with Crippen molar-refractivity contribution >= 4 is 27.3 Å². The number of likely N-dealkylation sites (tertiary alicyclic amines) is 1. The van der Waals surface area contributed by atoms with Gasteiger partial charge in [-0.1, -0.05) is 30.3 Å². The second kappa shape index (κ2) is 10.8. The van der Waals surface area contributed by atoms with Crippen LogP contribution in [-0.2, 0) is 21.4 Å². The number of hydrogen-bond acceptors (Lipinski definition) is 6. The van der Waals surface area contributed by atoms with Crippen LogP contribution in [-0.4, -0.2) is 46.0 Å². The summed E-state index contributed by atoms with van der Waals surface area (Å²) in [6.07, 6.45) is 1.68. The largest absolute Gasteiger partial charge is 0.497 e. The molecule has 1 saturated heterocycles. The van der Waals surface area contributed by atoms with Gasteiger partial charge in [0.25, 0.3) is 10.0 Å². The van der Waals surface area contributed by atoms with Crippen LogP contribution in [0.4, 0.5) is 11.4 Å². The van der Waals surface area contributed by atoms with Crippen LogP contribution in [0.1, 0.15) is 18.4 Å². The van der Waals surface area contributed by atoms with Crippen LogP contribution in [0.2, 0.25) is 0 Å². The Hall–Kier alpha value is -3.56. The minimum Gasteiger partial charge on any atom is -0.497 e. The third kappa shape index (κ3) is 5.93. The first-order valence-electron chi connectivity index (χ1n) is 11.3. The molecule has 35 heavy (non-hydrogen) atoms. The Labute approximate surface area is 205 Å². The molecule has 0 aliphatic carbocycles. The van der Waals surface area contributed by atoms with Crippen molar-refractivity contribution in [3.8, 4) is 11.5 Å². The van der Waals surface area contributed by atoms with Crippen molar-refractivity contribution in [1.29, 1.82) is 0 Å². The molecule has 184 valence electrons. The number of rotatable bonds is 9. The average Bonchev–Trinajstić information content (AvgIpc) is 3.33. The number of anilines is 2. The number of amides is 1. The first-order chi connectivity index (χ1) is 16.9. The number of nitrogens with one attached hydrogen (secondary N) is 2. The van der Waals surface area contributed by atoms with Crippen LogP contribution >= 0.6 is 0 Å². The van der Waals surface area contributed by atoms with Crippen molar-refractivity contribution in [2.75, 3.05) is 30.8 Å². The van der Waals surface area contributed by atoms with Gasteiger partial charge >= 0.3 is 0 Å². The highest BCUT2D eigenvalue weighted by molar-refractivity contribution is 7.92. The molecular formula is C26H29N3O5S. The molecule has 1 heterocycles. The lowest BCUT2D eigenvalue weighted by molar-refractivity contribution is -0.120. The molecule has 1 amide bonds. The fourth-order valence-electron chi connectivity index (χ4n) is 4.19. The molecule has 8 nitrogen and oxygen atoms in total. The van der Waals surface area contributed by atoms with Gasteiger partial charge in [-0.05, 0) is 67.4 Å². The number of hydrogen-bond donors (Lipinski definition) is 2. The van der Waals surface area contributed by atoms with Crippen LogP contribution in [0.15, 0.2) is 77.7 Å². The molecule has 1 aliphatic heterocycles. The molecule has 1 aliphatic rings. The second-order valence-corrected chi connectivity index (χ2v) is 9.95. The molecule has 9 heteroatoms. The summed E-state index contributed by atoms with van der Waals surface area (Å²) < 4.78 is 39.2. The highest BCUT2D eigenvalue weighted by atomic mass is 32.2. The van der Waals surface area contributed by atoms with Gasteiger partial charge in [0, 0.05) is 17.9 Å². The lowest BCUT2D eigenvalue weighted by Gasteiger charge is -2.24. The lowest BCUT2D eigenvalue weighted by Crippen LogP contribution is -2.39. The molecule has 1 unspecified atom stereocenters. The van der Waals surface area contributed by atoms with Gasteiger partial charge < -0.3 is 14.8 Å². The quantitative estimate of drug-likeness (QED) is 0.464. The maximum Gasteiger partial charge on any atom is 0.265 e. The van der Waals surface area contributed by atoms with E-state index in [0.717, 1.165) is 24.9 Å². The van der Waals surface area contributed by atoms with Gasteiger partial charge in [-0.25, -0.2) is 8.42 Å². The van der Waals surface area contributed by atoms with E-state index in [9.17, 15) is 13.2 Å². The molecule has 0 bridgehead atoms. The van der Waals surface area contributed by atoms with E-state index in [4.69, 9.17) is 9.47 Å². The molecular weight excluding hydrogens is 466 g/mol. The number of methoxy groups -OCH3 is 2. The Morgan fingerprint density at radius 2 is 1.69 bits per heavy atom. The van der Waals surface area contributed by atoms with E-state index >= 15 is 0 Å². The third-order valence-electron chi connectivity index (χ3n) is 5.96. The number of nitrogens with zero attached hydrogens (tertiary/aromatic N) is 1. The zero-order valence-corrected chi connectivity index (χ0v) is 20.5. The Bertz CT molecular complexity index is 1260. The topological polar surface area (TPSA) is 97.0 Å². The molecule has 0 spiro atoms.